The molecule has 0 amide bonds. The van der Waals surface area contributed by atoms with Gasteiger partial charge in [-0.2, -0.15) is 0 Å². The normalized spacial score (nSPS) is 11.7. The molecule has 0 aliphatic carbocycles. The summed E-state index contributed by atoms with van der Waals surface area (Å²) in [5, 5.41) is 17.2. The van der Waals surface area contributed by atoms with E-state index in [9.17, 15) is 9.90 Å². The van der Waals surface area contributed by atoms with Crippen LogP contribution in [-0.2, 0) is 4.79 Å². The molecule has 0 saturated carbocycles. The van der Waals surface area contributed by atoms with Crippen molar-refractivity contribution in [2.75, 3.05) is 0 Å². The summed E-state index contributed by atoms with van der Waals surface area (Å²) < 4.78 is 7.28. The van der Waals surface area contributed by atoms with Gasteiger partial charge in [-0.15, -0.1) is 10.2 Å². The van der Waals surface area contributed by atoms with E-state index >= 15 is 0 Å². The van der Waals surface area contributed by atoms with Crippen molar-refractivity contribution >= 4 is 23.8 Å². The van der Waals surface area contributed by atoms with Gasteiger partial charge in [0.15, 0.2) is 0 Å². The molecule has 1 N–H and O–H groups in total. The van der Waals surface area contributed by atoms with Crippen molar-refractivity contribution in [2.45, 2.75) is 26.0 Å². The third kappa shape index (κ3) is 3.63. The van der Waals surface area contributed by atoms with Crippen LogP contribution < -0.4 is 0 Å². The summed E-state index contributed by atoms with van der Waals surface area (Å²) in [5.41, 5.74) is 3.64. The molecule has 3 aromatic rings. The molecule has 0 atom stereocenters. The predicted molar refractivity (Wildman–Crippen MR) is 93.5 cm³/mol. The summed E-state index contributed by atoms with van der Waals surface area (Å²) in [5.74, 6) is -0.658. The van der Waals surface area contributed by atoms with E-state index in [2.05, 4.69) is 15.2 Å². The Morgan fingerprint density at radius 2 is 2.12 bits per heavy atom. The number of thioether (sulfide) groups is 1. The Kier molecular flexibility index (Phi) is 4.71. The third-order valence-corrected chi connectivity index (χ3v) is 4.43. The first-order valence-corrected chi connectivity index (χ1v) is 8.29. The number of carbonyl (C=O) groups is 1. The van der Waals surface area contributed by atoms with Crippen LogP contribution in [0.2, 0.25) is 0 Å². The lowest BCUT2D eigenvalue weighted by Crippen LogP contribution is -2.00. The number of carboxylic acid groups (broad SMARTS) is 1. The molecule has 0 unspecified atom stereocenters. The summed E-state index contributed by atoms with van der Waals surface area (Å²) in [6.45, 7) is 5.56. The van der Waals surface area contributed by atoms with Crippen molar-refractivity contribution in [2.24, 2.45) is 0 Å². The molecular weight excluding hydrogens is 340 g/mol. The van der Waals surface area contributed by atoms with Gasteiger partial charge < -0.3 is 14.1 Å². The minimum Gasteiger partial charge on any atom is -0.477 e. The van der Waals surface area contributed by atoms with E-state index in [1.807, 2.05) is 36.6 Å². The van der Waals surface area contributed by atoms with E-state index in [0.29, 0.717) is 5.89 Å². The first-order chi connectivity index (χ1) is 12.0. The van der Waals surface area contributed by atoms with Crippen LogP contribution in [0.25, 0.3) is 11.8 Å². The second kappa shape index (κ2) is 6.94. The van der Waals surface area contributed by atoms with E-state index in [1.165, 1.54) is 0 Å². The molecule has 0 radical (unpaired) electrons. The van der Waals surface area contributed by atoms with Crippen LogP contribution in [0.4, 0.5) is 0 Å². The van der Waals surface area contributed by atoms with Crippen molar-refractivity contribution in [1.29, 1.82) is 0 Å². The molecule has 128 valence electrons. The molecule has 3 aromatic heterocycles. The predicted octanol–water partition coefficient (Wildman–Crippen LogP) is 3.40. The van der Waals surface area contributed by atoms with E-state index in [-0.39, 0.29) is 10.1 Å². The Hall–Kier alpha value is -2.87. The lowest BCUT2D eigenvalue weighted by molar-refractivity contribution is -0.131. The SMILES string of the molecule is Cc1nnc(S/C(=C\c2cc(C)n(-c3cccnc3)c2C)C(=O)O)o1. The van der Waals surface area contributed by atoms with Crippen LogP contribution in [0.15, 0.2) is 45.1 Å². The van der Waals surface area contributed by atoms with Crippen molar-refractivity contribution in [1.82, 2.24) is 19.7 Å². The molecule has 0 bridgehead atoms. The number of nitrogens with zero attached hydrogens (tertiary/aromatic N) is 4. The summed E-state index contributed by atoms with van der Waals surface area (Å²) in [6, 6.07) is 5.75. The minimum absolute atomic E-state index is 0.107. The fourth-order valence-electron chi connectivity index (χ4n) is 2.51. The largest absolute Gasteiger partial charge is 0.477 e. The quantitative estimate of drug-likeness (QED) is 0.553. The molecule has 3 heterocycles. The highest BCUT2D eigenvalue weighted by molar-refractivity contribution is 8.03. The Labute approximate surface area is 148 Å². The average molecular weight is 356 g/mol. The Morgan fingerprint density at radius 3 is 2.72 bits per heavy atom. The number of hydrogen-bond acceptors (Lipinski definition) is 6. The summed E-state index contributed by atoms with van der Waals surface area (Å²) >= 11 is 0.932. The number of aliphatic carboxylic acids is 1. The topological polar surface area (TPSA) is 94.0 Å². The van der Waals surface area contributed by atoms with Crippen LogP contribution in [0.3, 0.4) is 0 Å². The molecule has 0 aliphatic heterocycles. The molecule has 0 aromatic carbocycles. The number of rotatable bonds is 5. The molecule has 0 fully saturated rings. The zero-order valence-electron chi connectivity index (χ0n) is 13.9. The van der Waals surface area contributed by atoms with Gasteiger partial charge in [-0.1, -0.05) is 0 Å². The first kappa shape index (κ1) is 17.0. The molecule has 3 rings (SSSR count). The monoisotopic (exact) mass is 356 g/mol. The molecule has 25 heavy (non-hydrogen) atoms. The fraction of sp³-hybridized carbons (Fsp3) is 0.176. The zero-order chi connectivity index (χ0) is 18.0. The Morgan fingerprint density at radius 1 is 1.32 bits per heavy atom. The number of pyridine rings is 1. The van der Waals surface area contributed by atoms with Crippen LogP contribution in [0.5, 0.6) is 0 Å². The fourth-order valence-corrected chi connectivity index (χ4v) is 3.21. The molecule has 0 aliphatic rings. The Balaban J connectivity index is 2.00. The van der Waals surface area contributed by atoms with Gasteiger partial charge in [-0.05, 0) is 55.4 Å². The van der Waals surface area contributed by atoms with Crippen LogP contribution >= 0.6 is 11.8 Å². The van der Waals surface area contributed by atoms with Crippen molar-refractivity contribution in [3.8, 4) is 5.69 Å². The van der Waals surface area contributed by atoms with E-state index < -0.39 is 5.97 Å². The number of hydrogen-bond donors (Lipinski definition) is 1. The first-order valence-electron chi connectivity index (χ1n) is 7.48. The minimum atomic E-state index is -1.05. The van der Waals surface area contributed by atoms with Gasteiger partial charge in [-0.3, -0.25) is 4.98 Å². The third-order valence-electron chi connectivity index (χ3n) is 3.58. The number of aromatic nitrogens is 4. The van der Waals surface area contributed by atoms with Gasteiger partial charge in [0.2, 0.25) is 5.89 Å². The van der Waals surface area contributed by atoms with Gasteiger partial charge in [0.05, 0.1) is 11.9 Å². The maximum atomic E-state index is 11.6. The van der Waals surface area contributed by atoms with Gasteiger partial charge >= 0.3 is 5.97 Å². The number of aryl methyl sites for hydroxylation is 2. The second-order valence-corrected chi connectivity index (χ2v) is 6.37. The van der Waals surface area contributed by atoms with E-state index in [0.717, 1.165) is 34.4 Å². The maximum Gasteiger partial charge on any atom is 0.342 e. The molecular formula is C17H16N4O3S. The number of carboxylic acids is 1. The molecule has 8 heteroatoms. The van der Waals surface area contributed by atoms with Gasteiger partial charge in [-0.25, -0.2) is 4.79 Å². The van der Waals surface area contributed by atoms with Crippen LogP contribution in [-0.4, -0.2) is 30.8 Å². The van der Waals surface area contributed by atoms with Crippen molar-refractivity contribution in [3.63, 3.8) is 0 Å². The second-order valence-electron chi connectivity index (χ2n) is 5.38. The van der Waals surface area contributed by atoms with E-state index in [4.69, 9.17) is 4.42 Å². The molecule has 0 saturated heterocycles. The Bertz CT molecular complexity index is 944. The van der Waals surface area contributed by atoms with Gasteiger partial charge in [0.25, 0.3) is 5.22 Å². The van der Waals surface area contributed by atoms with Crippen molar-refractivity contribution in [3.05, 3.63) is 58.3 Å². The van der Waals surface area contributed by atoms with Crippen LogP contribution in [0, 0.1) is 20.8 Å². The summed E-state index contributed by atoms with van der Waals surface area (Å²) in [4.78, 5) is 15.8. The van der Waals surface area contributed by atoms with Crippen molar-refractivity contribution < 1.29 is 14.3 Å². The highest BCUT2D eigenvalue weighted by Gasteiger charge is 2.17. The lowest BCUT2D eigenvalue weighted by Gasteiger charge is -2.08. The molecule has 7 nitrogen and oxygen atoms in total. The smallest absolute Gasteiger partial charge is 0.342 e. The molecule has 0 spiro atoms. The summed E-state index contributed by atoms with van der Waals surface area (Å²) in [7, 11) is 0. The van der Waals surface area contributed by atoms with Gasteiger partial charge in [0.1, 0.15) is 4.91 Å². The van der Waals surface area contributed by atoms with Gasteiger partial charge in [0, 0.05) is 24.5 Å². The lowest BCUT2D eigenvalue weighted by atomic mass is 10.2. The zero-order valence-corrected chi connectivity index (χ0v) is 14.7. The van der Waals surface area contributed by atoms with E-state index in [1.54, 1.807) is 25.4 Å². The average Bonchev–Trinajstić information content (AvgIpc) is 3.11. The maximum absolute atomic E-state index is 11.6. The van der Waals surface area contributed by atoms with Crippen LogP contribution in [0.1, 0.15) is 22.8 Å². The summed E-state index contributed by atoms with van der Waals surface area (Å²) in [6.07, 6.45) is 5.09. The standard InChI is InChI=1S/C17H16N4O3S/c1-10-7-13(11(2)21(10)14-5-4-6-18-9-14)8-15(16(22)23)25-17-20-19-12(3)24-17/h4-9H,1-3H3,(H,22,23)/b15-8-. The highest BCUT2D eigenvalue weighted by Crippen LogP contribution is 2.29. The highest BCUT2D eigenvalue weighted by atomic mass is 32.2.